The van der Waals surface area contributed by atoms with Gasteiger partial charge in [-0.15, -0.1) is 0 Å². The smallest absolute Gasteiger partial charge is 0.227 e. The summed E-state index contributed by atoms with van der Waals surface area (Å²) in [5.74, 6) is 0.409. The predicted molar refractivity (Wildman–Crippen MR) is 55.0 cm³/mol. The topological polar surface area (TPSA) is 42.0 Å². The minimum atomic E-state index is 0.151. The Morgan fingerprint density at radius 1 is 1.64 bits per heavy atom. The molecule has 0 saturated heterocycles. The van der Waals surface area contributed by atoms with Crippen LogP contribution in [0.4, 0.5) is 5.69 Å². The molecule has 0 unspecified atom stereocenters. The molecule has 3 heteroatoms. The highest BCUT2D eigenvalue weighted by Gasteiger charge is 2.29. The Balaban J connectivity index is 2.04. The second kappa shape index (κ2) is 3.78. The van der Waals surface area contributed by atoms with Gasteiger partial charge in [0.2, 0.25) is 5.91 Å². The van der Waals surface area contributed by atoms with Crippen LogP contribution < -0.4 is 5.32 Å². The van der Waals surface area contributed by atoms with Crippen LogP contribution in [-0.4, -0.2) is 10.9 Å². The summed E-state index contributed by atoms with van der Waals surface area (Å²) in [6, 6.07) is 3.76. The van der Waals surface area contributed by atoms with E-state index in [9.17, 15) is 4.79 Å². The Morgan fingerprint density at radius 3 is 3.07 bits per heavy atom. The largest absolute Gasteiger partial charge is 0.326 e. The third-order valence-electron chi connectivity index (χ3n) is 2.39. The van der Waals surface area contributed by atoms with E-state index in [0.717, 1.165) is 30.6 Å². The second-order valence-electron chi connectivity index (χ2n) is 3.65. The molecule has 1 aromatic heterocycles. The SMILES string of the molecule is CCc1cc(NC(=O)C2CC2)ccn1. The summed E-state index contributed by atoms with van der Waals surface area (Å²) in [7, 11) is 0. The van der Waals surface area contributed by atoms with E-state index < -0.39 is 0 Å². The van der Waals surface area contributed by atoms with Crippen LogP contribution in [0.5, 0.6) is 0 Å². The van der Waals surface area contributed by atoms with Gasteiger partial charge in [0.15, 0.2) is 0 Å². The lowest BCUT2D eigenvalue weighted by atomic mass is 10.2. The highest BCUT2D eigenvalue weighted by atomic mass is 16.2. The summed E-state index contributed by atoms with van der Waals surface area (Å²) in [5, 5.41) is 2.90. The van der Waals surface area contributed by atoms with Crippen molar-refractivity contribution in [2.24, 2.45) is 5.92 Å². The maximum absolute atomic E-state index is 11.4. The van der Waals surface area contributed by atoms with Gasteiger partial charge in [0, 0.05) is 23.5 Å². The van der Waals surface area contributed by atoms with Crippen molar-refractivity contribution >= 4 is 11.6 Å². The van der Waals surface area contributed by atoms with Gasteiger partial charge in [-0.1, -0.05) is 6.92 Å². The van der Waals surface area contributed by atoms with Crippen LogP contribution >= 0.6 is 0 Å². The molecule has 2 rings (SSSR count). The van der Waals surface area contributed by atoms with Gasteiger partial charge in [-0.05, 0) is 31.4 Å². The molecule has 14 heavy (non-hydrogen) atoms. The summed E-state index contributed by atoms with van der Waals surface area (Å²) in [4.78, 5) is 15.6. The molecule has 0 aromatic carbocycles. The highest BCUT2D eigenvalue weighted by Crippen LogP contribution is 2.30. The third kappa shape index (κ3) is 2.10. The lowest BCUT2D eigenvalue weighted by Gasteiger charge is -2.04. The van der Waals surface area contributed by atoms with Crippen molar-refractivity contribution in [2.45, 2.75) is 26.2 Å². The van der Waals surface area contributed by atoms with Gasteiger partial charge >= 0.3 is 0 Å². The van der Waals surface area contributed by atoms with Crippen LogP contribution in [0.3, 0.4) is 0 Å². The van der Waals surface area contributed by atoms with E-state index in [1.54, 1.807) is 6.20 Å². The fraction of sp³-hybridized carbons (Fsp3) is 0.455. The average molecular weight is 190 g/mol. The van der Waals surface area contributed by atoms with E-state index in [1.165, 1.54) is 0 Å². The van der Waals surface area contributed by atoms with Gasteiger partial charge in [0.1, 0.15) is 0 Å². The van der Waals surface area contributed by atoms with Crippen molar-refractivity contribution in [3.8, 4) is 0 Å². The minimum absolute atomic E-state index is 0.151. The molecule has 0 spiro atoms. The van der Waals surface area contributed by atoms with E-state index in [2.05, 4.69) is 17.2 Å². The van der Waals surface area contributed by atoms with E-state index in [0.29, 0.717) is 0 Å². The number of amides is 1. The molecule has 1 fully saturated rings. The molecule has 3 nitrogen and oxygen atoms in total. The number of nitrogens with zero attached hydrogens (tertiary/aromatic N) is 1. The van der Waals surface area contributed by atoms with E-state index >= 15 is 0 Å². The Kier molecular flexibility index (Phi) is 2.48. The normalized spacial score (nSPS) is 15.2. The van der Waals surface area contributed by atoms with Crippen molar-refractivity contribution in [3.05, 3.63) is 24.0 Å². The van der Waals surface area contributed by atoms with Gasteiger partial charge in [-0.3, -0.25) is 9.78 Å². The van der Waals surface area contributed by atoms with Gasteiger partial charge in [-0.25, -0.2) is 0 Å². The Labute approximate surface area is 83.5 Å². The van der Waals surface area contributed by atoms with Gasteiger partial charge in [-0.2, -0.15) is 0 Å². The summed E-state index contributed by atoms with van der Waals surface area (Å²) < 4.78 is 0. The first-order valence-corrected chi connectivity index (χ1v) is 5.05. The Morgan fingerprint density at radius 2 is 2.43 bits per heavy atom. The number of carbonyl (C=O) groups is 1. The van der Waals surface area contributed by atoms with Crippen LogP contribution in [0.25, 0.3) is 0 Å². The quantitative estimate of drug-likeness (QED) is 0.792. The average Bonchev–Trinajstić information content (AvgIpc) is 3.01. The van der Waals surface area contributed by atoms with Crippen LogP contribution in [0.15, 0.2) is 18.3 Å². The predicted octanol–water partition coefficient (Wildman–Crippen LogP) is 1.99. The van der Waals surface area contributed by atoms with Crippen LogP contribution in [-0.2, 0) is 11.2 Å². The maximum Gasteiger partial charge on any atom is 0.227 e. The van der Waals surface area contributed by atoms with Crippen LogP contribution in [0, 0.1) is 5.92 Å². The zero-order valence-electron chi connectivity index (χ0n) is 8.29. The number of nitrogens with one attached hydrogen (secondary N) is 1. The van der Waals surface area contributed by atoms with Crippen molar-refractivity contribution in [1.29, 1.82) is 0 Å². The fourth-order valence-electron chi connectivity index (χ4n) is 1.34. The summed E-state index contributed by atoms with van der Waals surface area (Å²) in [6.45, 7) is 2.05. The summed E-state index contributed by atoms with van der Waals surface area (Å²) in [5.41, 5.74) is 1.88. The monoisotopic (exact) mass is 190 g/mol. The van der Waals surface area contributed by atoms with Crippen molar-refractivity contribution in [1.82, 2.24) is 4.98 Å². The number of aromatic nitrogens is 1. The highest BCUT2D eigenvalue weighted by molar-refractivity contribution is 5.93. The molecule has 74 valence electrons. The van der Waals surface area contributed by atoms with E-state index in [-0.39, 0.29) is 11.8 Å². The number of carbonyl (C=O) groups excluding carboxylic acids is 1. The number of pyridine rings is 1. The summed E-state index contributed by atoms with van der Waals surface area (Å²) >= 11 is 0. The molecular weight excluding hydrogens is 176 g/mol. The van der Waals surface area contributed by atoms with Gasteiger partial charge < -0.3 is 5.32 Å². The van der Waals surface area contributed by atoms with E-state index in [1.807, 2.05) is 12.1 Å². The first-order valence-electron chi connectivity index (χ1n) is 5.05. The molecule has 1 heterocycles. The first kappa shape index (κ1) is 9.19. The van der Waals surface area contributed by atoms with Gasteiger partial charge in [0.05, 0.1) is 0 Å². The maximum atomic E-state index is 11.4. The lowest BCUT2D eigenvalue weighted by molar-refractivity contribution is -0.117. The zero-order valence-corrected chi connectivity index (χ0v) is 8.29. The lowest BCUT2D eigenvalue weighted by Crippen LogP contribution is -2.13. The molecule has 1 aromatic rings. The Bertz CT molecular complexity index is 345. The first-order chi connectivity index (χ1) is 6.79. The second-order valence-corrected chi connectivity index (χ2v) is 3.65. The molecule has 1 aliphatic carbocycles. The minimum Gasteiger partial charge on any atom is -0.326 e. The molecule has 0 atom stereocenters. The van der Waals surface area contributed by atoms with E-state index in [4.69, 9.17) is 0 Å². The summed E-state index contributed by atoms with van der Waals surface area (Å²) in [6.07, 6.45) is 4.71. The molecule has 1 saturated carbocycles. The fourth-order valence-corrected chi connectivity index (χ4v) is 1.34. The van der Waals surface area contributed by atoms with Crippen LogP contribution in [0.2, 0.25) is 0 Å². The van der Waals surface area contributed by atoms with Crippen molar-refractivity contribution < 1.29 is 4.79 Å². The number of anilines is 1. The number of hydrogen-bond donors (Lipinski definition) is 1. The number of rotatable bonds is 3. The van der Waals surface area contributed by atoms with Crippen molar-refractivity contribution in [3.63, 3.8) is 0 Å². The molecule has 1 N–H and O–H groups in total. The standard InChI is InChI=1S/C11H14N2O/c1-2-9-7-10(5-6-12-9)13-11(14)8-3-4-8/h5-8H,2-4H2,1H3,(H,12,13,14). The zero-order chi connectivity index (χ0) is 9.97. The molecule has 1 amide bonds. The molecule has 0 aliphatic heterocycles. The third-order valence-corrected chi connectivity index (χ3v) is 2.39. The Hall–Kier alpha value is -1.38. The molecule has 0 bridgehead atoms. The molecular formula is C11H14N2O. The number of aryl methyl sites for hydroxylation is 1. The number of hydrogen-bond acceptors (Lipinski definition) is 2. The van der Waals surface area contributed by atoms with Gasteiger partial charge in [0.25, 0.3) is 0 Å². The molecule has 0 radical (unpaired) electrons. The van der Waals surface area contributed by atoms with Crippen LogP contribution in [0.1, 0.15) is 25.5 Å². The molecule has 1 aliphatic rings. The van der Waals surface area contributed by atoms with Crippen molar-refractivity contribution in [2.75, 3.05) is 5.32 Å².